The maximum absolute atomic E-state index is 13.0. The number of halogens is 3. The van der Waals surface area contributed by atoms with Crippen molar-refractivity contribution >= 4 is 23.9 Å². The largest absolute Gasteiger partial charge is 0.481 e. The quantitative estimate of drug-likeness (QED) is 0.428. The van der Waals surface area contributed by atoms with Gasteiger partial charge in [-0.25, -0.2) is 0 Å². The fourth-order valence-electron chi connectivity index (χ4n) is 3.55. The first-order valence-corrected chi connectivity index (χ1v) is 9.96. The van der Waals surface area contributed by atoms with Crippen LogP contribution in [0.3, 0.4) is 0 Å². The molecule has 7 heteroatoms. The van der Waals surface area contributed by atoms with E-state index in [0.29, 0.717) is 35.1 Å². The summed E-state index contributed by atoms with van der Waals surface area (Å²) in [5.74, 6) is -0.817. The number of ether oxygens (including phenoxy) is 1. The lowest BCUT2D eigenvalue weighted by Crippen LogP contribution is -2.18. The van der Waals surface area contributed by atoms with E-state index in [1.54, 1.807) is 42.5 Å². The number of aliphatic carboxylic acids is 1. The van der Waals surface area contributed by atoms with Crippen LogP contribution in [0.2, 0.25) is 0 Å². The van der Waals surface area contributed by atoms with E-state index in [1.807, 2.05) is 13.0 Å². The van der Waals surface area contributed by atoms with E-state index in [2.05, 4.69) is 4.74 Å². The van der Waals surface area contributed by atoms with Crippen molar-refractivity contribution < 1.29 is 32.6 Å². The molecule has 3 rings (SSSR count). The minimum absolute atomic E-state index is 0.0603. The van der Waals surface area contributed by atoms with Crippen LogP contribution in [0, 0.1) is 5.92 Å². The number of benzene rings is 2. The molecule has 1 aliphatic rings. The van der Waals surface area contributed by atoms with Crippen molar-refractivity contribution in [3.8, 4) is 5.75 Å². The number of carboxylic acid groups (broad SMARTS) is 1. The lowest BCUT2D eigenvalue weighted by Gasteiger charge is -2.22. The van der Waals surface area contributed by atoms with Crippen LogP contribution in [0.1, 0.15) is 36.5 Å². The highest BCUT2D eigenvalue weighted by molar-refractivity contribution is 6.14. The van der Waals surface area contributed by atoms with E-state index < -0.39 is 18.1 Å². The van der Waals surface area contributed by atoms with Crippen LogP contribution < -0.4 is 4.74 Å². The molecule has 0 aromatic heterocycles. The molecule has 4 nitrogen and oxygen atoms in total. The summed E-state index contributed by atoms with van der Waals surface area (Å²) in [5.41, 5.74) is 3.43. The third-order valence-corrected chi connectivity index (χ3v) is 4.97. The van der Waals surface area contributed by atoms with Gasteiger partial charge in [0.25, 0.3) is 0 Å². The molecule has 1 fully saturated rings. The minimum atomic E-state index is -2.53. The molecule has 1 saturated carbocycles. The zero-order chi connectivity index (χ0) is 23.3. The predicted octanol–water partition coefficient (Wildman–Crippen LogP) is 6.19. The molecular formula is C25H21F3O4. The molecular weight excluding hydrogens is 421 g/mol. The zero-order valence-corrected chi connectivity index (χ0v) is 17.3. The number of Topliss-reactive ketones (excluding diaryl/α,β-unsaturated/α-hetero) is 1. The highest BCUT2D eigenvalue weighted by Crippen LogP contribution is 2.32. The first-order chi connectivity index (χ1) is 15.2. The van der Waals surface area contributed by atoms with E-state index in [4.69, 9.17) is 5.11 Å². The average Bonchev–Trinajstić information content (AvgIpc) is 2.73. The van der Waals surface area contributed by atoms with Crippen LogP contribution in [-0.4, -0.2) is 16.9 Å². The van der Waals surface area contributed by atoms with Crippen molar-refractivity contribution in [2.75, 3.05) is 0 Å². The number of carboxylic acids is 1. The number of hydrogen-bond donors (Lipinski definition) is 1. The van der Waals surface area contributed by atoms with Gasteiger partial charge in [0, 0.05) is 11.1 Å². The van der Waals surface area contributed by atoms with Gasteiger partial charge in [0.05, 0.1) is 6.42 Å². The Labute approximate surface area is 183 Å². The minimum Gasteiger partial charge on any atom is -0.481 e. The predicted molar refractivity (Wildman–Crippen MR) is 115 cm³/mol. The number of carbonyl (C=O) groups is 2. The lowest BCUT2D eigenvalue weighted by atomic mass is 9.81. The second-order valence-electron chi connectivity index (χ2n) is 7.70. The fourth-order valence-corrected chi connectivity index (χ4v) is 3.55. The molecule has 0 heterocycles. The summed E-state index contributed by atoms with van der Waals surface area (Å²) in [4.78, 5) is 23.8. The van der Waals surface area contributed by atoms with E-state index in [0.717, 1.165) is 5.56 Å². The SMILES string of the molecule is CC1C/C(=C/c2ccc(CC(=O)O)cc2)C(=O)/C(=C/c2ccc(OC(F)=C(F)F)cc2)C1. The number of hydrogen-bond acceptors (Lipinski definition) is 3. The summed E-state index contributed by atoms with van der Waals surface area (Å²) in [6.07, 6.45) is 2.17. The molecule has 2 aromatic carbocycles. The molecule has 0 radical (unpaired) electrons. The van der Waals surface area contributed by atoms with Gasteiger partial charge in [0.2, 0.25) is 0 Å². The van der Waals surface area contributed by atoms with Crippen molar-refractivity contribution in [2.45, 2.75) is 26.2 Å². The van der Waals surface area contributed by atoms with Gasteiger partial charge in [0.1, 0.15) is 5.75 Å². The molecule has 1 aliphatic carbocycles. The van der Waals surface area contributed by atoms with Gasteiger partial charge < -0.3 is 9.84 Å². The highest BCUT2D eigenvalue weighted by atomic mass is 19.3. The Morgan fingerprint density at radius 1 is 0.969 bits per heavy atom. The fraction of sp³-hybridized carbons (Fsp3) is 0.200. The maximum atomic E-state index is 13.0. The topological polar surface area (TPSA) is 63.6 Å². The first kappa shape index (κ1) is 23.1. The zero-order valence-electron chi connectivity index (χ0n) is 17.3. The summed E-state index contributed by atoms with van der Waals surface area (Å²) >= 11 is 0. The number of allylic oxidation sites excluding steroid dienone is 2. The van der Waals surface area contributed by atoms with Crippen LogP contribution in [0.4, 0.5) is 13.2 Å². The van der Waals surface area contributed by atoms with E-state index >= 15 is 0 Å². The third kappa shape index (κ3) is 6.20. The number of ketones is 1. The molecule has 166 valence electrons. The Kier molecular flexibility index (Phi) is 7.30. The maximum Gasteiger partial charge on any atom is 0.344 e. The van der Waals surface area contributed by atoms with E-state index in [1.165, 1.54) is 12.1 Å². The van der Waals surface area contributed by atoms with Crippen LogP contribution in [0.25, 0.3) is 12.2 Å². The van der Waals surface area contributed by atoms with Gasteiger partial charge in [-0.2, -0.15) is 13.2 Å². The van der Waals surface area contributed by atoms with E-state index in [9.17, 15) is 22.8 Å². The summed E-state index contributed by atoms with van der Waals surface area (Å²) in [6, 6.07) is 10.9. The van der Waals surface area contributed by atoms with Gasteiger partial charge in [-0.1, -0.05) is 43.3 Å². The van der Waals surface area contributed by atoms with Gasteiger partial charge in [-0.05, 0) is 59.7 Å². The van der Waals surface area contributed by atoms with Crippen LogP contribution in [0.5, 0.6) is 5.75 Å². The van der Waals surface area contributed by atoms with Gasteiger partial charge in [-0.3, -0.25) is 9.59 Å². The summed E-state index contributed by atoms with van der Waals surface area (Å²) in [6.45, 7) is 2.04. The second kappa shape index (κ2) is 10.1. The first-order valence-electron chi connectivity index (χ1n) is 9.96. The van der Waals surface area contributed by atoms with Crippen molar-refractivity contribution in [2.24, 2.45) is 5.92 Å². The average molecular weight is 442 g/mol. The molecule has 1 atom stereocenters. The summed E-state index contributed by atoms with van der Waals surface area (Å²) < 4.78 is 41.6. The smallest absolute Gasteiger partial charge is 0.344 e. The third-order valence-electron chi connectivity index (χ3n) is 4.97. The molecule has 1 N–H and O–H groups in total. The highest BCUT2D eigenvalue weighted by Gasteiger charge is 2.25. The van der Waals surface area contributed by atoms with Gasteiger partial charge in [-0.15, -0.1) is 0 Å². The lowest BCUT2D eigenvalue weighted by molar-refractivity contribution is -0.136. The van der Waals surface area contributed by atoms with Crippen molar-refractivity contribution in [1.29, 1.82) is 0 Å². The van der Waals surface area contributed by atoms with E-state index in [-0.39, 0.29) is 23.9 Å². The van der Waals surface area contributed by atoms with Crippen LogP contribution in [-0.2, 0) is 16.0 Å². The Hall–Kier alpha value is -3.61. The Morgan fingerprint density at radius 2 is 1.47 bits per heavy atom. The Morgan fingerprint density at radius 3 is 1.94 bits per heavy atom. The molecule has 2 aromatic rings. The molecule has 1 unspecified atom stereocenters. The van der Waals surface area contributed by atoms with Crippen LogP contribution >= 0.6 is 0 Å². The van der Waals surface area contributed by atoms with Crippen LogP contribution in [0.15, 0.2) is 71.8 Å². The summed E-state index contributed by atoms with van der Waals surface area (Å²) in [5, 5.41) is 8.87. The molecule has 0 bridgehead atoms. The van der Waals surface area contributed by atoms with Crippen molar-refractivity contribution in [3.05, 3.63) is 88.5 Å². The molecule has 0 saturated heterocycles. The standard InChI is InChI=1S/C25H21F3O4/c1-15-10-19(12-16-2-4-18(5-3-16)14-22(29)30)23(31)20(11-15)13-17-6-8-21(9-7-17)32-25(28)24(26)27/h2-9,12-13,15H,10-11,14H2,1H3,(H,29,30)/b19-12-,20-13+. The second-order valence-corrected chi connectivity index (χ2v) is 7.70. The van der Waals surface area contributed by atoms with Gasteiger partial charge >= 0.3 is 18.1 Å². The Balaban J connectivity index is 1.79. The Bertz CT molecular complexity index is 1090. The number of carbonyl (C=O) groups excluding carboxylic acids is 1. The molecule has 0 amide bonds. The molecule has 0 spiro atoms. The van der Waals surface area contributed by atoms with Crippen molar-refractivity contribution in [3.63, 3.8) is 0 Å². The monoisotopic (exact) mass is 442 g/mol. The summed E-state index contributed by atoms with van der Waals surface area (Å²) in [7, 11) is 0. The molecule has 32 heavy (non-hydrogen) atoms. The normalized spacial score (nSPS) is 18.6. The van der Waals surface area contributed by atoms with Crippen molar-refractivity contribution in [1.82, 2.24) is 0 Å². The number of rotatable bonds is 6. The molecule has 0 aliphatic heterocycles. The van der Waals surface area contributed by atoms with Gasteiger partial charge in [0.15, 0.2) is 5.78 Å².